The summed E-state index contributed by atoms with van der Waals surface area (Å²) in [5.41, 5.74) is 4.97. The van der Waals surface area contributed by atoms with Crippen molar-refractivity contribution in [3.63, 3.8) is 0 Å². The third kappa shape index (κ3) is 2.78. The molecule has 0 heterocycles. The van der Waals surface area contributed by atoms with Crippen LogP contribution in [0.1, 0.15) is 32.1 Å². The Morgan fingerprint density at radius 3 is 2.35 bits per heavy atom. The topological polar surface area (TPSA) is 63.4 Å². The molecule has 1 aromatic rings. The molecule has 7 heteroatoms. The molecule has 2 N–H and O–H groups in total. The highest BCUT2D eigenvalue weighted by Crippen LogP contribution is 2.29. The van der Waals surface area contributed by atoms with Crippen LogP contribution in [0.3, 0.4) is 0 Å². The number of sulfonamides is 1. The maximum absolute atomic E-state index is 13.8. The summed E-state index contributed by atoms with van der Waals surface area (Å²) in [5, 5.41) is 0. The molecule has 0 aliphatic heterocycles. The van der Waals surface area contributed by atoms with Gasteiger partial charge in [-0.05, 0) is 18.9 Å². The molecule has 1 fully saturated rings. The molecule has 0 unspecified atom stereocenters. The van der Waals surface area contributed by atoms with Crippen LogP contribution in [0.4, 0.5) is 14.5 Å². The van der Waals surface area contributed by atoms with Crippen molar-refractivity contribution >= 4 is 15.7 Å². The van der Waals surface area contributed by atoms with Gasteiger partial charge in [0, 0.05) is 19.2 Å². The monoisotopic (exact) mass is 304 g/mol. The minimum atomic E-state index is -4.00. The van der Waals surface area contributed by atoms with Gasteiger partial charge in [-0.25, -0.2) is 17.2 Å². The molecule has 1 aliphatic rings. The van der Waals surface area contributed by atoms with Crippen molar-refractivity contribution in [2.45, 2.75) is 43.0 Å². The van der Waals surface area contributed by atoms with Gasteiger partial charge >= 0.3 is 0 Å². The first-order valence-corrected chi connectivity index (χ1v) is 8.00. The fourth-order valence-electron chi connectivity index (χ4n) is 2.54. The Labute approximate surface area is 117 Å². The number of hydrogen-bond acceptors (Lipinski definition) is 3. The molecule has 112 valence electrons. The molecule has 0 atom stereocenters. The molecule has 0 amide bonds. The van der Waals surface area contributed by atoms with Crippen LogP contribution in [0.15, 0.2) is 17.0 Å². The van der Waals surface area contributed by atoms with Gasteiger partial charge < -0.3 is 5.73 Å². The second kappa shape index (κ2) is 5.65. The maximum atomic E-state index is 13.8. The van der Waals surface area contributed by atoms with Crippen molar-refractivity contribution in [2.24, 2.45) is 0 Å². The predicted octanol–water partition coefficient (Wildman–Crippen LogP) is 2.50. The van der Waals surface area contributed by atoms with Gasteiger partial charge in [-0.3, -0.25) is 0 Å². The molecular formula is C13H18F2N2O2S. The van der Waals surface area contributed by atoms with E-state index in [9.17, 15) is 17.2 Å². The number of nitrogen functional groups attached to an aromatic ring is 1. The number of halogens is 2. The van der Waals surface area contributed by atoms with Crippen LogP contribution in [-0.4, -0.2) is 25.8 Å². The first kappa shape index (κ1) is 15.2. The zero-order valence-corrected chi connectivity index (χ0v) is 12.1. The predicted molar refractivity (Wildman–Crippen MR) is 72.6 cm³/mol. The third-order valence-electron chi connectivity index (χ3n) is 3.80. The molecule has 1 aliphatic carbocycles. The highest BCUT2D eigenvalue weighted by Gasteiger charge is 2.31. The summed E-state index contributed by atoms with van der Waals surface area (Å²) < 4.78 is 52.9. The van der Waals surface area contributed by atoms with Gasteiger partial charge in [-0.15, -0.1) is 0 Å². The van der Waals surface area contributed by atoms with Crippen molar-refractivity contribution in [3.05, 3.63) is 23.8 Å². The van der Waals surface area contributed by atoms with Crippen LogP contribution in [0.25, 0.3) is 0 Å². The van der Waals surface area contributed by atoms with Gasteiger partial charge in [0.15, 0.2) is 0 Å². The molecule has 20 heavy (non-hydrogen) atoms. The summed E-state index contributed by atoms with van der Waals surface area (Å²) in [7, 11) is -2.56. The van der Waals surface area contributed by atoms with E-state index in [4.69, 9.17) is 5.73 Å². The molecule has 0 bridgehead atoms. The van der Waals surface area contributed by atoms with E-state index < -0.39 is 26.6 Å². The van der Waals surface area contributed by atoms with Gasteiger partial charge in [0.05, 0.1) is 5.69 Å². The Morgan fingerprint density at radius 2 is 1.75 bits per heavy atom. The molecule has 0 saturated heterocycles. The largest absolute Gasteiger partial charge is 0.396 e. The summed E-state index contributed by atoms with van der Waals surface area (Å²) >= 11 is 0. The Hall–Kier alpha value is -1.21. The van der Waals surface area contributed by atoms with Crippen LogP contribution >= 0.6 is 0 Å². The summed E-state index contributed by atoms with van der Waals surface area (Å²) in [6, 6.07) is 1.22. The maximum Gasteiger partial charge on any atom is 0.246 e. The normalized spacial score (nSPS) is 17.6. The standard InChI is InChI=1S/C13H18F2N2O2S/c1-17(9-5-3-2-4-6-9)20(18,19)13-8-12(16)10(14)7-11(13)15/h7-9H,2-6,16H2,1H3. The van der Waals surface area contributed by atoms with E-state index in [0.717, 1.165) is 38.2 Å². The fraction of sp³-hybridized carbons (Fsp3) is 0.538. The van der Waals surface area contributed by atoms with Gasteiger partial charge in [0.1, 0.15) is 16.5 Å². The van der Waals surface area contributed by atoms with Crippen molar-refractivity contribution < 1.29 is 17.2 Å². The van der Waals surface area contributed by atoms with Crippen molar-refractivity contribution in [1.82, 2.24) is 4.31 Å². The Kier molecular flexibility index (Phi) is 4.29. The molecule has 2 rings (SSSR count). The molecule has 0 radical (unpaired) electrons. The summed E-state index contributed by atoms with van der Waals surface area (Å²) in [6.45, 7) is 0. The molecule has 4 nitrogen and oxygen atoms in total. The van der Waals surface area contributed by atoms with Crippen molar-refractivity contribution in [3.8, 4) is 0 Å². The smallest absolute Gasteiger partial charge is 0.246 e. The lowest BCUT2D eigenvalue weighted by Gasteiger charge is -2.30. The van der Waals surface area contributed by atoms with E-state index in [0.29, 0.717) is 6.07 Å². The van der Waals surface area contributed by atoms with Crippen LogP contribution in [0, 0.1) is 11.6 Å². The quantitative estimate of drug-likeness (QED) is 0.873. The van der Waals surface area contributed by atoms with E-state index in [1.54, 1.807) is 0 Å². The van der Waals surface area contributed by atoms with Crippen LogP contribution in [-0.2, 0) is 10.0 Å². The number of benzene rings is 1. The molecular weight excluding hydrogens is 286 g/mol. The number of anilines is 1. The van der Waals surface area contributed by atoms with Crippen LogP contribution in [0.5, 0.6) is 0 Å². The third-order valence-corrected chi connectivity index (χ3v) is 5.72. The van der Waals surface area contributed by atoms with Gasteiger partial charge in [0.25, 0.3) is 0 Å². The lowest BCUT2D eigenvalue weighted by Crippen LogP contribution is -2.38. The first-order chi connectivity index (χ1) is 9.34. The number of nitrogens with zero attached hydrogens (tertiary/aromatic N) is 1. The van der Waals surface area contributed by atoms with Gasteiger partial charge in [0.2, 0.25) is 10.0 Å². The van der Waals surface area contributed by atoms with Crippen molar-refractivity contribution in [2.75, 3.05) is 12.8 Å². The summed E-state index contributed by atoms with van der Waals surface area (Å²) in [4.78, 5) is -0.565. The highest BCUT2D eigenvalue weighted by atomic mass is 32.2. The zero-order valence-electron chi connectivity index (χ0n) is 11.3. The average molecular weight is 304 g/mol. The second-order valence-corrected chi connectivity index (χ2v) is 7.08. The Balaban J connectivity index is 2.36. The van der Waals surface area contributed by atoms with Crippen LogP contribution in [0.2, 0.25) is 0 Å². The van der Waals surface area contributed by atoms with E-state index >= 15 is 0 Å². The van der Waals surface area contributed by atoms with E-state index in [2.05, 4.69) is 0 Å². The minimum absolute atomic E-state index is 0.139. The zero-order chi connectivity index (χ0) is 14.9. The lowest BCUT2D eigenvalue weighted by atomic mass is 9.96. The number of nitrogens with two attached hydrogens (primary N) is 1. The van der Waals surface area contributed by atoms with Crippen LogP contribution < -0.4 is 5.73 Å². The van der Waals surface area contributed by atoms with Gasteiger partial charge in [-0.2, -0.15) is 4.31 Å². The molecule has 0 spiro atoms. The number of rotatable bonds is 3. The summed E-state index contributed by atoms with van der Waals surface area (Å²) in [6.07, 6.45) is 4.52. The highest BCUT2D eigenvalue weighted by molar-refractivity contribution is 7.89. The van der Waals surface area contributed by atoms with Crippen molar-refractivity contribution in [1.29, 1.82) is 0 Å². The lowest BCUT2D eigenvalue weighted by molar-refractivity contribution is 0.285. The van der Waals surface area contributed by atoms with Gasteiger partial charge in [-0.1, -0.05) is 19.3 Å². The number of hydrogen-bond donors (Lipinski definition) is 1. The summed E-state index contributed by atoms with van der Waals surface area (Å²) in [5.74, 6) is -2.07. The fourth-order valence-corrected chi connectivity index (χ4v) is 4.03. The molecule has 1 saturated carbocycles. The SMILES string of the molecule is CN(C1CCCCC1)S(=O)(=O)c1cc(N)c(F)cc1F. The molecule has 1 aromatic carbocycles. The Bertz CT molecular complexity index is 599. The minimum Gasteiger partial charge on any atom is -0.396 e. The first-order valence-electron chi connectivity index (χ1n) is 6.56. The van der Waals surface area contributed by atoms with E-state index in [1.807, 2.05) is 0 Å². The van der Waals surface area contributed by atoms with E-state index in [1.165, 1.54) is 11.4 Å². The van der Waals surface area contributed by atoms with E-state index in [-0.39, 0.29) is 11.7 Å². The average Bonchev–Trinajstić information content (AvgIpc) is 2.42. The molecule has 0 aromatic heterocycles. The second-order valence-electron chi connectivity index (χ2n) is 5.12. The Morgan fingerprint density at radius 1 is 1.15 bits per heavy atom.